The molecule has 0 aliphatic carbocycles. The van der Waals surface area contributed by atoms with Gasteiger partial charge in [0.25, 0.3) is 0 Å². The molecule has 0 heterocycles. The zero-order chi connectivity index (χ0) is 37.4. The summed E-state index contributed by atoms with van der Waals surface area (Å²) in [6, 6.07) is 8.83. The van der Waals surface area contributed by atoms with E-state index in [4.69, 9.17) is 32.4 Å². The molecule has 1 rings (SSSR count). The van der Waals surface area contributed by atoms with E-state index in [0.717, 1.165) is 78.4 Å². The van der Waals surface area contributed by atoms with Gasteiger partial charge in [-0.05, 0) is 55.2 Å². The highest BCUT2D eigenvalue weighted by atomic mass is 16.5. The lowest BCUT2D eigenvalue weighted by atomic mass is 9.98. The summed E-state index contributed by atoms with van der Waals surface area (Å²) in [6.45, 7) is 25.8. The van der Waals surface area contributed by atoms with Crippen molar-refractivity contribution < 1.29 is 9.47 Å². The maximum atomic E-state index is 5.45. The van der Waals surface area contributed by atoms with Crippen molar-refractivity contribution in [2.45, 2.75) is 86.3 Å². The van der Waals surface area contributed by atoms with Gasteiger partial charge in [0.05, 0.1) is 12.7 Å². The fraction of sp³-hybridized carbons (Fsp3) is 0.829. The Hall–Kier alpha value is -1.34. The second kappa shape index (κ2) is 42.8. The summed E-state index contributed by atoms with van der Waals surface area (Å²) in [5, 5.41) is 24.8. The highest BCUT2D eigenvalue weighted by Gasteiger charge is 2.02. The normalized spacial score (nSPS) is 13.1. The lowest BCUT2D eigenvalue weighted by molar-refractivity contribution is 0.0655. The molecule has 4 atom stereocenters. The van der Waals surface area contributed by atoms with Gasteiger partial charge in [0.15, 0.2) is 0 Å². The monoisotopic (exact) mass is 703 g/mol. The second-order valence-corrected chi connectivity index (χ2v) is 12.1. The van der Waals surface area contributed by atoms with Gasteiger partial charge in [-0.25, -0.2) is 0 Å². The molecule has 0 fully saturated rings. The highest BCUT2D eigenvalue weighted by molar-refractivity contribution is 5.24. The van der Waals surface area contributed by atoms with Crippen molar-refractivity contribution in [3.8, 4) is 0 Å². The minimum absolute atomic E-state index is 0.370. The Morgan fingerprint density at radius 1 is 0.592 bits per heavy atom. The van der Waals surface area contributed by atoms with Gasteiger partial charge in [-0.2, -0.15) is 0 Å². The molecule has 1 aromatic rings. The topological polar surface area (TPSA) is 219 Å². The maximum absolute atomic E-state index is 5.45. The number of hydrogen-bond donors (Lipinski definition) is 12. The van der Waals surface area contributed by atoms with Gasteiger partial charge in [-0.15, -0.1) is 0 Å². The smallest absolute Gasteiger partial charge is 0.0594 e. The SMILES string of the molecule is CCC(C)CNCNCN.CCC(C)OCCNCNCN.CCC(C)c1ccc(CNCNCN)cc1.COCC(C)CNCNCN. The van der Waals surface area contributed by atoms with Crippen LogP contribution in [0.4, 0.5) is 0 Å². The molecular formula is C35H82N12O2. The summed E-state index contributed by atoms with van der Waals surface area (Å²) in [4.78, 5) is 0. The summed E-state index contributed by atoms with van der Waals surface area (Å²) in [5.74, 6) is 1.97. The number of hydrogen-bond acceptors (Lipinski definition) is 14. The number of rotatable bonds is 28. The van der Waals surface area contributed by atoms with Gasteiger partial charge >= 0.3 is 0 Å². The number of nitrogens with two attached hydrogens (primary N) is 4. The van der Waals surface area contributed by atoms with Crippen LogP contribution < -0.4 is 65.5 Å². The maximum Gasteiger partial charge on any atom is 0.0594 e. The van der Waals surface area contributed by atoms with Crippen LogP contribution in [0.3, 0.4) is 0 Å². The van der Waals surface area contributed by atoms with E-state index in [1.54, 1.807) is 7.11 Å². The van der Waals surface area contributed by atoms with Crippen LogP contribution in [0.5, 0.6) is 0 Å². The lowest BCUT2D eigenvalue weighted by Gasteiger charge is -2.11. The molecule has 4 unspecified atom stereocenters. The molecule has 16 N–H and O–H groups in total. The van der Waals surface area contributed by atoms with Crippen molar-refractivity contribution in [1.29, 1.82) is 0 Å². The highest BCUT2D eigenvalue weighted by Crippen LogP contribution is 2.18. The lowest BCUT2D eigenvalue weighted by Crippen LogP contribution is -2.35. The molecule has 0 aliphatic heterocycles. The average molecular weight is 703 g/mol. The average Bonchev–Trinajstić information content (AvgIpc) is 3.12. The fourth-order valence-corrected chi connectivity index (χ4v) is 3.71. The molecule has 0 spiro atoms. The second-order valence-electron chi connectivity index (χ2n) is 12.1. The summed E-state index contributed by atoms with van der Waals surface area (Å²) in [6.07, 6.45) is 3.86. The predicted octanol–water partition coefficient (Wildman–Crippen LogP) is 1.01. The van der Waals surface area contributed by atoms with Gasteiger partial charge in [-0.1, -0.05) is 72.2 Å². The van der Waals surface area contributed by atoms with Crippen LogP contribution in [-0.4, -0.2) is 99.4 Å². The van der Waals surface area contributed by atoms with E-state index in [9.17, 15) is 0 Å². The molecule has 0 amide bonds. The molecular weight excluding hydrogens is 620 g/mol. The Labute approximate surface area is 301 Å². The van der Waals surface area contributed by atoms with E-state index < -0.39 is 0 Å². The molecule has 0 saturated carbocycles. The number of nitrogens with one attached hydrogen (secondary N) is 8. The van der Waals surface area contributed by atoms with Crippen LogP contribution in [-0.2, 0) is 16.0 Å². The Bertz CT molecular complexity index is 737. The largest absolute Gasteiger partial charge is 0.384 e. The van der Waals surface area contributed by atoms with Gasteiger partial charge < -0.3 is 53.7 Å². The predicted molar refractivity (Wildman–Crippen MR) is 210 cm³/mol. The van der Waals surface area contributed by atoms with Crippen LogP contribution in [0.25, 0.3) is 0 Å². The minimum Gasteiger partial charge on any atom is -0.384 e. The molecule has 14 nitrogen and oxygen atoms in total. The third-order valence-electron chi connectivity index (χ3n) is 7.46. The van der Waals surface area contributed by atoms with Crippen molar-refractivity contribution >= 4 is 0 Å². The number of ether oxygens (including phenoxy) is 2. The van der Waals surface area contributed by atoms with E-state index in [1.165, 1.54) is 24.0 Å². The van der Waals surface area contributed by atoms with Gasteiger partial charge in [0.2, 0.25) is 0 Å². The molecule has 294 valence electrons. The molecule has 0 aromatic heterocycles. The van der Waals surface area contributed by atoms with Gasteiger partial charge in [-0.3, -0.25) is 21.3 Å². The first-order chi connectivity index (χ1) is 23.7. The van der Waals surface area contributed by atoms with Crippen LogP contribution in [0, 0.1) is 11.8 Å². The van der Waals surface area contributed by atoms with E-state index in [-0.39, 0.29) is 0 Å². The van der Waals surface area contributed by atoms with E-state index in [1.807, 2.05) is 0 Å². The van der Waals surface area contributed by atoms with Gasteiger partial charge in [0, 0.05) is 86.7 Å². The van der Waals surface area contributed by atoms with Crippen molar-refractivity contribution in [1.82, 2.24) is 42.5 Å². The molecule has 0 aliphatic rings. The first-order valence-corrected chi connectivity index (χ1v) is 18.4. The van der Waals surface area contributed by atoms with E-state index in [0.29, 0.717) is 44.6 Å². The molecule has 1 aromatic carbocycles. The quantitative estimate of drug-likeness (QED) is 0.0434. The van der Waals surface area contributed by atoms with Crippen LogP contribution in [0.1, 0.15) is 84.8 Å². The first kappa shape index (κ1) is 52.0. The standard InChI is InChI=1S/C13H23N3.C8H21N3O.C7H19N3O.C7H19N3/c1-3-11(2)13-6-4-12(5-7-13)8-15-10-16-9-14;1-3-8(2)12-5-4-10-7-11-6-9;1-7(4-11-2)3-9-6-10-5-8;1-3-7(2)4-9-6-10-5-8/h4-7,11,15-16H,3,8-10,14H2,1-2H3;8,10-11H,3-7,9H2,1-2H3;7,9-10H,3-6,8H2,1-2H3;7,9-10H,3-6,8H2,1-2H3. The Kier molecular flexibility index (Phi) is 45.5. The summed E-state index contributed by atoms with van der Waals surface area (Å²) < 4.78 is 10.4. The number of methoxy groups -OCH3 is 1. The molecule has 0 saturated heterocycles. The van der Waals surface area contributed by atoms with Crippen molar-refractivity contribution in [3.63, 3.8) is 0 Å². The van der Waals surface area contributed by atoms with Crippen molar-refractivity contribution in [3.05, 3.63) is 35.4 Å². The zero-order valence-electron chi connectivity index (χ0n) is 32.8. The third-order valence-corrected chi connectivity index (χ3v) is 7.46. The summed E-state index contributed by atoms with van der Waals surface area (Å²) >= 11 is 0. The zero-order valence-corrected chi connectivity index (χ0v) is 32.8. The Morgan fingerprint density at radius 3 is 1.53 bits per heavy atom. The molecule has 14 heteroatoms. The van der Waals surface area contributed by atoms with Crippen LogP contribution in [0.2, 0.25) is 0 Å². The van der Waals surface area contributed by atoms with Crippen LogP contribution in [0.15, 0.2) is 24.3 Å². The van der Waals surface area contributed by atoms with Crippen LogP contribution >= 0.6 is 0 Å². The van der Waals surface area contributed by atoms with Gasteiger partial charge in [0.1, 0.15) is 0 Å². The third kappa shape index (κ3) is 41.0. The van der Waals surface area contributed by atoms with Crippen molar-refractivity contribution in [2.24, 2.45) is 34.8 Å². The Balaban J connectivity index is -0.000000587. The molecule has 0 bridgehead atoms. The summed E-state index contributed by atoms with van der Waals surface area (Å²) in [7, 11) is 1.72. The summed E-state index contributed by atoms with van der Waals surface area (Å²) in [5.41, 5.74) is 23.7. The molecule has 49 heavy (non-hydrogen) atoms. The Morgan fingerprint density at radius 2 is 1.08 bits per heavy atom. The number of benzene rings is 1. The molecule has 0 radical (unpaired) electrons. The van der Waals surface area contributed by atoms with E-state index in [2.05, 4.69) is 115 Å². The first-order valence-electron chi connectivity index (χ1n) is 18.4. The van der Waals surface area contributed by atoms with Crippen molar-refractivity contribution in [2.75, 3.05) is 93.3 Å². The van der Waals surface area contributed by atoms with E-state index >= 15 is 0 Å². The minimum atomic E-state index is 0.370. The fourth-order valence-electron chi connectivity index (χ4n) is 3.71.